The predicted octanol–water partition coefficient (Wildman–Crippen LogP) is 5.60. The molecule has 0 aliphatic carbocycles. The van der Waals surface area contributed by atoms with E-state index >= 15 is 0 Å². The van der Waals surface area contributed by atoms with E-state index in [0.717, 1.165) is 10.4 Å². The van der Waals surface area contributed by atoms with Gasteiger partial charge in [-0.1, -0.05) is 18.2 Å². The number of aryl methyl sites for hydroxylation is 2. The van der Waals surface area contributed by atoms with Crippen molar-refractivity contribution < 1.29 is 17.6 Å². The summed E-state index contributed by atoms with van der Waals surface area (Å²) in [5.74, 6) is 0.478. The van der Waals surface area contributed by atoms with E-state index in [1.165, 1.54) is 17.0 Å². The summed E-state index contributed by atoms with van der Waals surface area (Å²) in [6.07, 6.45) is 1.58. The van der Waals surface area contributed by atoms with Crippen LogP contribution in [0.25, 0.3) is 0 Å². The number of furan rings is 1. The lowest BCUT2D eigenvalue weighted by molar-refractivity contribution is 0.0719. The van der Waals surface area contributed by atoms with E-state index in [-0.39, 0.29) is 10.8 Å². The van der Waals surface area contributed by atoms with Crippen molar-refractivity contribution in [1.82, 2.24) is 4.90 Å². The molecule has 4 aromatic rings. The Kier molecular flexibility index (Phi) is 6.67. The van der Waals surface area contributed by atoms with Gasteiger partial charge in [-0.3, -0.25) is 9.52 Å². The number of rotatable bonds is 8. The zero-order valence-corrected chi connectivity index (χ0v) is 19.9. The van der Waals surface area contributed by atoms with Gasteiger partial charge in [-0.05, 0) is 74.0 Å². The minimum Gasteiger partial charge on any atom is -0.467 e. The Bertz CT molecular complexity index is 1340. The van der Waals surface area contributed by atoms with Crippen LogP contribution in [-0.4, -0.2) is 19.2 Å². The fourth-order valence-electron chi connectivity index (χ4n) is 3.40. The maximum Gasteiger partial charge on any atom is 0.261 e. The van der Waals surface area contributed by atoms with Crippen molar-refractivity contribution in [3.63, 3.8) is 0 Å². The molecule has 0 saturated carbocycles. The van der Waals surface area contributed by atoms with Gasteiger partial charge in [0.15, 0.2) is 0 Å². The number of sulfonamides is 1. The molecule has 6 nitrogen and oxygen atoms in total. The van der Waals surface area contributed by atoms with E-state index in [2.05, 4.69) is 4.72 Å². The topological polar surface area (TPSA) is 79.6 Å². The van der Waals surface area contributed by atoms with E-state index in [0.29, 0.717) is 30.1 Å². The maximum atomic E-state index is 13.3. The molecule has 0 aliphatic rings. The molecule has 0 saturated heterocycles. The van der Waals surface area contributed by atoms with Gasteiger partial charge >= 0.3 is 0 Å². The van der Waals surface area contributed by atoms with E-state index in [9.17, 15) is 13.2 Å². The maximum absolute atomic E-state index is 13.3. The van der Waals surface area contributed by atoms with Crippen molar-refractivity contribution in [2.75, 3.05) is 4.72 Å². The zero-order valence-electron chi connectivity index (χ0n) is 18.3. The number of amides is 1. The standard InChI is InChI=1S/C25H24N2O4S2/c1-18-6-3-4-8-24(18)26-33(29,30)23-13-10-20(11-14-23)25(28)27(16-21-7-5-15-31-21)17-22-12-9-19(2)32-22/h3-15,26H,16-17H2,1-2H3. The van der Waals surface area contributed by atoms with Crippen LogP contribution in [0.1, 0.15) is 31.4 Å². The second-order valence-corrected chi connectivity index (χ2v) is 10.8. The molecule has 0 spiro atoms. The second-order valence-electron chi connectivity index (χ2n) is 7.70. The smallest absolute Gasteiger partial charge is 0.261 e. The van der Waals surface area contributed by atoms with Crippen LogP contribution >= 0.6 is 11.3 Å². The Morgan fingerprint density at radius 1 is 0.939 bits per heavy atom. The number of nitrogens with one attached hydrogen (secondary N) is 1. The average molecular weight is 481 g/mol. The average Bonchev–Trinajstić information content (AvgIpc) is 3.46. The van der Waals surface area contributed by atoms with Crippen LogP contribution < -0.4 is 4.72 Å². The number of thiophene rings is 1. The van der Waals surface area contributed by atoms with Gasteiger partial charge in [0.05, 0.1) is 29.9 Å². The van der Waals surface area contributed by atoms with Gasteiger partial charge in [0.1, 0.15) is 5.76 Å². The number of carbonyl (C=O) groups excluding carboxylic acids is 1. The summed E-state index contributed by atoms with van der Waals surface area (Å²) < 4.78 is 33.7. The Morgan fingerprint density at radius 2 is 1.70 bits per heavy atom. The van der Waals surface area contributed by atoms with Crippen LogP contribution in [-0.2, 0) is 23.1 Å². The molecule has 0 unspecified atom stereocenters. The third kappa shape index (κ3) is 5.53. The van der Waals surface area contributed by atoms with E-state index < -0.39 is 10.0 Å². The highest BCUT2D eigenvalue weighted by molar-refractivity contribution is 7.92. The first-order valence-electron chi connectivity index (χ1n) is 10.4. The number of para-hydroxylation sites is 1. The lowest BCUT2D eigenvalue weighted by Gasteiger charge is -2.21. The van der Waals surface area contributed by atoms with Crippen molar-refractivity contribution in [1.29, 1.82) is 0 Å². The third-order valence-electron chi connectivity index (χ3n) is 5.16. The lowest BCUT2D eigenvalue weighted by Crippen LogP contribution is -2.29. The van der Waals surface area contributed by atoms with Crippen molar-refractivity contribution in [2.45, 2.75) is 31.8 Å². The molecule has 0 bridgehead atoms. The fraction of sp³-hybridized carbons (Fsp3) is 0.160. The minimum atomic E-state index is -3.77. The molecule has 8 heteroatoms. The van der Waals surface area contributed by atoms with Crippen LogP contribution in [0.15, 0.2) is 88.4 Å². The molecule has 170 valence electrons. The molecule has 2 aromatic heterocycles. The first-order chi connectivity index (χ1) is 15.8. The Balaban J connectivity index is 1.55. The Morgan fingerprint density at radius 3 is 2.33 bits per heavy atom. The van der Waals surface area contributed by atoms with Crippen molar-refractivity contribution in [2.24, 2.45) is 0 Å². The van der Waals surface area contributed by atoms with Gasteiger partial charge in [0, 0.05) is 15.3 Å². The Hall–Kier alpha value is -3.36. The molecule has 33 heavy (non-hydrogen) atoms. The number of hydrogen-bond donors (Lipinski definition) is 1. The summed E-state index contributed by atoms with van der Waals surface area (Å²) in [5.41, 5.74) is 1.75. The molecule has 4 rings (SSSR count). The summed E-state index contributed by atoms with van der Waals surface area (Å²) in [6.45, 7) is 4.61. The minimum absolute atomic E-state index is 0.0915. The molecule has 1 amide bonds. The largest absolute Gasteiger partial charge is 0.467 e. The summed E-state index contributed by atoms with van der Waals surface area (Å²) in [7, 11) is -3.77. The zero-order chi connectivity index (χ0) is 23.4. The van der Waals surface area contributed by atoms with Gasteiger partial charge in [-0.25, -0.2) is 8.42 Å². The summed E-state index contributed by atoms with van der Waals surface area (Å²) in [6, 6.07) is 20.8. The fourth-order valence-corrected chi connectivity index (χ4v) is 5.44. The molecule has 1 N–H and O–H groups in total. The highest BCUT2D eigenvalue weighted by Gasteiger charge is 2.21. The summed E-state index contributed by atoms with van der Waals surface area (Å²) in [5, 5.41) is 0. The second kappa shape index (κ2) is 9.64. The number of benzene rings is 2. The van der Waals surface area contributed by atoms with Crippen LogP contribution in [0.5, 0.6) is 0 Å². The van der Waals surface area contributed by atoms with Crippen LogP contribution in [0.2, 0.25) is 0 Å². The molecule has 2 heterocycles. The highest BCUT2D eigenvalue weighted by Crippen LogP contribution is 2.22. The van der Waals surface area contributed by atoms with Gasteiger partial charge < -0.3 is 9.32 Å². The number of hydrogen-bond acceptors (Lipinski definition) is 5. The normalized spacial score (nSPS) is 11.3. The Labute approximate surface area is 197 Å². The van der Waals surface area contributed by atoms with Gasteiger partial charge in [-0.2, -0.15) is 0 Å². The quantitative estimate of drug-likeness (QED) is 0.356. The number of anilines is 1. The molecule has 0 radical (unpaired) electrons. The summed E-state index contributed by atoms with van der Waals surface area (Å²) in [4.78, 5) is 17.3. The molecule has 0 aliphatic heterocycles. The number of nitrogens with zero attached hydrogens (tertiary/aromatic N) is 1. The molecular formula is C25H24N2O4S2. The third-order valence-corrected chi connectivity index (χ3v) is 7.52. The van der Waals surface area contributed by atoms with Crippen LogP contribution in [0, 0.1) is 13.8 Å². The van der Waals surface area contributed by atoms with Crippen LogP contribution in [0.4, 0.5) is 5.69 Å². The van der Waals surface area contributed by atoms with E-state index in [1.54, 1.807) is 52.8 Å². The first-order valence-corrected chi connectivity index (χ1v) is 12.7. The molecule has 2 aromatic carbocycles. The van der Waals surface area contributed by atoms with Gasteiger partial charge in [-0.15, -0.1) is 11.3 Å². The SMILES string of the molecule is Cc1ccc(CN(Cc2ccco2)C(=O)c2ccc(S(=O)(=O)Nc3ccccc3C)cc2)s1. The van der Waals surface area contributed by atoms with Gasteiger partial charge in [0.2, 0.25) is 0 Å². The molecule has 0 fully saturated rings. The predicted molar refractivity (Wildman–Crippen MR) is 130 cm³/mol. The van der Waals surface area contributed by atoms with Gasteiger partial charge in [0.25, 0.3) is 15.9 Å². The van der Waals surface area contributed by atoms with Crippen molar-refractivity contribution in [3.05, 3.63) is 106 Å². The summed E-state index contributed by atoms with van der Waals surface area (Å²) >= 11 is 1.64. The molecular weight excluding hydrogens is 456 g/mol. The van der Waals surface area contributed by atoms with Crippen LogP contribution in [0.3, 0.4) is 0 Å². The first kappa shape index (κ1) is 22.8. The highest BCUT2D eigenvalue weighted by atomic mass is 32.2. The van der Waals surface area contributed by atoms with Crippen molar-refractivity contribution in [3.8, 4) is 0 Å². The number of carbonyl (C=O) groups is 1. The van der Waals surface area contributed by atoms with Crippen molar-refractivity contribution >= 4 is 33.0 Å². The molecule has 0 atom stereocenters. The lowest BCUT2D eigenvalue weighted by atomic mass is 10.2. The van der Waals surface area contributed by atoms with E-state index in [4.69, 9.17) is 4.42 Å². The monoisotopic (exact) mass is 480 g/mol. The van der Waals surface area contributed by atoms with E-state index in [1.807, 2.05) is 44.2 Å².